The quantitative estimate of drug-likeness (QED) is 0.0212. The summed E-state index contributed by atoms with van der Waals surface area (Å²) in [4.78, 5) is 40.1. The highest BCUT2D eigenvalue weighted by Gasteiger charge is 2.27. The van der Waals surface area contributed by atoms with E-state index in [1.807, 2.05) is 33.3 Å². The molecule has 0 aromatic rings. The van der Waals surface area contributed by atoms with Crippen LogP contribution in [0.4, 0.5) is 0 Å². The monoisotopic (exact) mass is 1120 g/mol. The van der Waals surface area contributed by atoms with Crippen molar-refractivity contribution in [2.24, 2.45) is 0 Å². The van der Waals surface area contributed by atoms with Crippen molar-refractivity contribution in [3.05, 3.63) is 97.2 Å². The van der Waals surface area contributed by atoms with Gasteiger partial charge in [0.2, 0.25) is 5.91 Å². The predicted molar refractivity (Wildman–Crippen MR) is 339 cm³/mol. The summed E-state index contributed by atoms with van der Waals surface area (Å²) in [7, 11) is 1.16. The lowest BCUT2D eigenvalue weighted by atomic mass is 10.0. The molecule has 9 nitrogen and oxygen atoms in total. The molecule has 0 aliphatic rings. The molecule has 0 spiro atoms. The number of rotatable bonds is 58. The van der Waals surface area contributed by atoms with Crippen molar-refractivity contribution >= 4 is 19.7 Å². The molecular formula is C69H123N2O7P. The predicted octanol–water partition coefficient (Wildman–Crippen LogP) is 19.7. The van der Waals surface area contributed by atoms with Gasteiger partial charge < -0.3 is 28.5 Å². The Morgan fingerprint density at radius 1 is 0.456 bits per heavy atom. The Bertz CT molecular complexity index is 1670. The highest BCUT2D eigenvalue weighted by Crippen LogP contribution is 2.38. The van der Waals surface area contributed by atoms with Crippen LogP contribution in [0.5, 0.6) is 0 Å². The third kappa shape index (κ3) is 59.4. The van der Waals surface area contributed by atoms with Crippen molar-refractivity contribution in [2.75, 3.05) is 40.9 Å². The Morgan fingerprint density at radius 3 is 1.23 bits per heavy atom. The number of phosphoric ester groups is 1. The number of hydrogen-bond acceptors (Lipinski definition) is 7. The number of unbranched alkanes of at least 4 members (excludes halogenated alkanes) is 28. The molecule has 0 rings (SSSR count). The standard InChI is InChI=1S/C69H123N2O7P/c1-7-10-13-16-19-22-25-28-30-32-33-34-35-36-37-39-41-44-47-50-53-56-59-62-69(73)78-67(60-57-54-51-48-45-42-27-24-21-18-15-12-9-3)66(65-77-79(74,75)76-64-63-71(4,5)6)70-68(72)61-58-55-52-49-46-43-40-38-31-29-26-23-20-17-14-11-8-2/h10,13,19,22,28-31,33-34,36-37,41,44,57,60,66-67H,7-9,11-12,14-18,20-21,23-27,32,35,38-40,42-43,45-56,58-59,61-65H2,1-6H3,(H-,70,72,74,75)/b13-10-,22-19-,30-28-,31-29+,34-33-,37-36-,44-41-,60-57-. The third-order valence-electron chi connectivity index (χ3n) is 14.0. The second-order valence-corrected chi connectivity index (χ2v) is 24.3. The van der Waals surface area contributed by atoms with E-state index in [-0.39, 0.29) is 24.9 Å². The van der Waals surface area contributed by atoms with Gasteiger partial charge in [0.1, 0.15) is 19.3 Å². The fourth-order valence-corrected chi connectivity index (χ4v) is 9.71. The summed E-state index contributed by atoms with van der Waals surface area (Å²) < 4.78 is 30.3. The molecule has 0 heterocycles. The van der Waals surface area contributed by atoms with E-state index < -0.39 is 26.6 Å². The van der Waals surface area contributed by atoms with Crippen LogP contribution in [0, 0.1) is 0 Å². The number of likely N-dealkylation sites (N-methyl/N-ethyl adjacent to an activating group) is 1. The highest BCUT2D eigenvalue weighted by atomic mass is 31.2. The summed E-state index contributed by atoms with van der Waals surface area (Å²) >= 11 is 0. The van der Waals surface area contributed by atoms with Crippen LogP contribution in [-0.4, -0.2) is 69.4 Å². The first-order valence-corrected chi connectivity index (χ1v) is 34.0. The molecular weight excluding hydrogens is 1000 g/mol. The number of hydrogen-bond donors (Lipinski definition) is 1. The molecule has 0 fully saturated rings. The minimum Gasteiger partial charge on any atom is -0.756 e. The second-order valence-electron chi connectivity index (χ2n) is 22.9. The fourth-order valence-electron chi connectivity index (χ4n) is 8.99. The van der Waals surface area contributed by atoms with E-state index in [1.165, 1.54) is 122 Å². The van der Waals surface area contributed by atoms with Crippen LogP contribution < -0.4 is 10.2 Å². The lowest BCUT2D eigenvalue weighted by Crippen LogP contribution is -2.47. The van der Waals surface area contributed by atoms with Gasteiger partial charge in [0.05, 0.1) is 33.8 Å². The highest BCUT2D eigenvalue weighted by molar-refractivity contribution is 7.45. The number of allylic oxidation sites excluding steroid dienone is 15. The number of amides is 1. The molecule has 3 atom stereocenters. The topological polar surface area (TPSA) is 114 Å². The molecule has 0 aromatic carbocycles. The van der Waals surface area contributed by atoms with Gasteiger partial charge in [-0.1, -0.05) is 253 Å². The van der Waals surface area contributed by atoms with Crippen LogP contribution in [0.15, 0.2) is 97.2 Å². The van der Waals surface area contributed by atoms with Gasteiger partial charge in [0.25, 0.3) is 7.82 Å². The van der Waals surface area contributed by atoms with Crippen molar-refractivity contribution in [1.29, 1.82) is 0 Å². The van der Waals surface area contributed by atoms with Gasteiger partial charge in [-0.25, -0.2) is 0 Å². The largest absolute Gasteiger partial charge is 0.756 e. The number of nitrogens with one attached hydrogen (secondary N) is 1. The Balaban J connectivity index is 5.30. The summed E-state index contributed by atoms with van der Waals surface area (Å²) in [5.41, 5.74) is 0. The molecule has 456 valence electrons. The Morgan fingerprint density at radius 2 is 0.810 bits per heavy atom. The molecule has 0 bridgehead atoms. The van der Waals surface area contributed by atoms with Gasteiger partial charge in [-0.05, 0) is 109 Å². The van der Waals surface area contributed by atoms with Gasteiger partial charge in [0, 0.05) is 12.8 Å². The van der Waals surface area contributed by atoms with Crippen LogP contribution in [0.3, 0.4) is 0 Å². The summed E-state index contributed by atoms with van der Waals surface area (Å²) in [6.45, 7) is 6.71. The van der Waals surface area contributed by atoms with Crippen LogP contribution in [0.1, 0.15) is 278 Å². The smallest absolute Gasteiger partial charge is 0.306 e. The SMILES string of the molecule is CC/C=C\C/C=C\C/C=C\C/C=C\C/C=C\C/C=C\CCCCCCC(=O)OC(/C=C\CCCCCCCCCCCCC)C(COP(=O)([O-])OCC[N+](C)(C)C)NC(=O)CCCCCCCCC/C=C/CCCCCCCC. The third-order valence-corrected chi connectivity index (χ3v) is 15.0. The number of nitrogens with zero attached hydrogens (tertiary/aromatic N) is 1. The van der Waals surface area contributed by atoms with Crippen LogP contribution in [-0.2, 0) is 27.9 Å². The molecule has 0 radical (unpaired) electrons. The van der Waals surface area contributed by atoms with Gasteiger partial charge in [0.15, 0.2) is 0 Å². The average molecular weight is 1120 g/mol. The number of carbonyl (C=O) groups is 2. The minimum absolute atomic E-state index is 0.0314. The lowest BCUT2D eigenvalue weighted by Gasteiger charge is -2.30. The molecule has 0 saturated heterocycles. The van der Waals surface area contributed by atoms with Gasteiger partial charge in [-0.3, -0.25) is 14.2 Å². The number of esters is 1. The second kappa shape index (κ2) is 58.1. The van der Waals surface area contributed by atoms with Crippen LogP contribution in [0.2, 0.25) is 0 Å². The zero-order valence-corrected chi connectivity index (χ0v) is 52.9. The first-order valence-electron chi connectivity index (χ1n) is 32.5. The normalized spacial score (nSPS) is 14.3. The Kier molecular flexibility index (Phi) is 55.9. The average Bonchev–Trinajstić information content (AvgIpc) is 3.41. The van der Waals surface area contributed by atoms with E-state index >= 15 is 0 Å². The maximum atomic E-state index is 13.6. The molecule has 0 aliphatic heterocycles. The van der Waals surface area contributed by atoms with Crippen LogP contribution in [0.25, 0.3) is 0 Å². The molecule has 0 aliphatic carbocycles. The number of ether oxygens (including phenoxy) is 1. The zero-order valence-electron chi connectivity index (χ0n) is 52.1. The summed E-state index contributed by atoms with van der Waals surface area (Å²) in [6, 6.07) is -0.907. The molecule has 0 aromatic heterocycles. The van der Waals surface area contributed by atoms with Gasteiger partial charge >= 0.3 is 5.97 Å². The summed E-state index contributed by atoms with van der Waals surface area (Å²) in [5, 5.41) is 3.02. The lowest BCUT2D eigenvalue weighted by molar-refractivity contribution is -0.870. The van der Waals surface area contributed by atoms with E-state index in [0.717, 1.165) is 116 Å². The maximum absolute atomic E-state index is 13.6. The molecule has 1 amide bonds. The molecule has 0 saturated carbocycles. The molecule has 79 heavy (non-hydrogen) atoms. The van der Waals surface area contributed by atoms with E-state index in [4.69, 9.17) is 13.8 Å². The Hall–Kier alpha value is -3.07. The van der Waals surface area contributed by atoms with Crippen LogP contribution >= 0.6 is 7.82 Å². The van der Waals surface area contributed by atoms with E-state index in [0.29, 0.717) is 23.9 Å². The molecule has 3 unspecified atom stereocenters. The van der Waals surface area contributed by atoms with E-state index in [9.17, 15) is 19.0 Å². The molecule has 10 heteroatoms. The van der Waals surface area contributed by atoms with Gasteiger partial charge in [-0.15, -0.1) is 0 Å². The minimum atomic E-state index is -4.71. The first-order chi connectivity index (χ1) is 38.4. The zero-order chi connectivity index (χ0) is 57.9. The van der Waals surface area contributed by atoms with Crippen molar-refractivity contribution in [2.45, 2.75) is 290 Å². The van der Waals surface area contributed by atoms with Crippen molar-refractivity contribution in [3.63, 3.8) is 0 Å². The summed E-state index contributed by atoms with van der Waals surface area (Å²) in [6.07, 6.45) is 78.0. The Labute approximate surface area is 488 Å². The summed E-state index contributed by atoms with van der Waals surface area (Å²) in [5.74, 6) is -0.575. The molecule has 1 N–H and O–H groups in total. The van der Waals surface area contributed by atoms with E-state index in [2.05, 4.69) is 111 Å². The number of phosphoric acid groups is 1. The van der Waals surface area contributed by atoms with Crippen molar-refractivity contribution in [3.8, 4) is 0 Å². The van der Waals surface area contributed by atoms with Crippen molar-refractivity contribution in [1.82, 2.24) is 5.32 Å². The van der Waals surface area contributed by atoms with Gasteiger partial charge in [-0.2, -0.15) is 0 Å². The maximum Gasteiger partial charge on any atom is 0.306 e. The first kappa shape index (κ1) is 75.9. The number of quaternary nitrogens is 1. The fraction of sp³-hybridized carbons (Fsp3) is 0.739. The number of carbonyl (C=O) groups excluding carboxylic acids is 2. The van der Waals surface area contributed by atoms with Crippen molar-refractivity contribution < 1.29 is 37.3 Å². The van der Waals surface area contributed by atoms with E-state index in [1.54, 1.807) is 0 Å².